The highest BCUT2D eigenvalue weighted by Crippen LogP contribution is 2.36. The van der Waals surface area contributed by atoms with Gasteiger partial charge in [0, 0.05) is 29.9 Å². The molecule has 2 aliphatic carbocycles. The van der Waals surface area contributed by atoms with Gasteiger partial charge in [-0.15, -0.1) is 0 Å². The van der Waals surface area contributed by atoms with Crippen LogP contribution in [0.25, 0.3) is 0 Å². The molecule has 1 aromatic heterocycles. The summed E-state index contributed by atoms with van der Waals surface area (Å²) in [5.41, 5.74) is 5.25. The number of carbonyl (C=O) groups excluding carboxylic acids is 1. The summed E-state index contributed by atoms with van der Waals surface area (Å²) in [6, 6.07) is 2.11. The minimum absolute atomic E-state index is 0.108. The molecule has 0 N–H and O–H groups in total. The van der Waals surface area contributed by atoms with Crippen LogP contribution < -0.4 is 0 Å². The molecule has 3 rings (SSSR count). The molecule has 0 atom stereocenters. The van der Waals surface area contributed by atoms with E-state index in [0.717, 1.165) is 24.9 Å². The van der Waals surface area contributed by atoms with Crippen molar-refractivity contribution in [2.24, 2.45) is 5.41 Å². The Kier molecular flexibility index (Phi) is 3.81. The predicted octanol–water partition coefficient (Wildman–Crippen LogP) is 4.84. The van der Waals surface area contributed by atoms with Crippen molar-refractivity contribution >= 4 is 5.78 Å². The Morgan fingerprint density at radius 1 is 1.24 bits per heavy atom. The molecule has 0 radical (unpaired) electrons. The largest absolute Gasteiger partial charge is 0.348 e. The van der Waals surface area contributed by atoms with Crippen LogP contribution in [-0.2, 0) is 13.0 Å². The van der Waals surface area contributed by atoms with Crippen LogP contribution in [0.5, 0.6) is 0 Å². The van der Waals surface area contributed by atoms with Crippen molar-refractivity contribution in [1.29, 1.82) is 0 Å². The zero-order valence-corrected chi connectivity index (χ0v) is 13.7. The molecular formula is C19H27NO. The number of nitrogens with zero attached hydrogens (tertiary/aromatic N) is 1. The van der Waals surface area contributed by atoms with Crippen LogP contribution in [0.2, 0.25) is 0 Å². The van der Waals surface area contributed by atoms with Crippen LogP contribution in [0.15, 0.2) is 17.7 Å². The van der Waals surface area contributed by atoms with Crippen molar-refractivity contribution in [3.8, 4) is 0 Å². The Morgan fingerprint density at radius 3 is 2.76 bits per heavy atom. The number of hydrogen-bond acceptors (Lipinski definition) is 1. The van der Waals surface area contributed by atoms with Gasteiger partial charge < -0.3 is 4.57 Å². The average molecular weight is 285 g/mol. The smallest absolute Gasteiger partial charge is 0.165 e. The van der Waals surface area contributed by atoms with Crippen molar-refractivity contribution < 1.29 is 4.79 Å². The van der Waals surface area contributed by atoms with Crippen molar-refractivity contribution in [2.75, 3.05) is 0 Å². The molecule has 114 valence electrons. The molecule has 2 aliphatic rings. The lowest BCUT2D eigenvalue weighted by atomic mass is 9.76. The molecule has 0 unspecified atom stereocenters. The Balaban J connectivity index is 1.83. The van der Waals surface area contributed by atoms with E-state index in [0.29, 0.717) is 12.2 Å². The van der Waals surface area contributed by atoms with Gasteiger partial charge in [-0.05, 0) is 56.9 Å². The van der Waals surface area contributed by atoms with Crippen molar-refractivity contribution in [3.63, 3.8) is 0 Å². The van der Waals surface area contributed by atoms with Gasteiger partial charge in [-0.1, -0.05) is 25.5 Å². The molecule has 0 saturated heterocycles. The van der Waals surface area contributed by atoms with Gasteiger partial charge in [-0.2, -0.15) is 0 Å². The zero-order valence-electron chi connectivity index (χ0n) is 13.7. The first-order chi connectivity index (χ1) is 9.96. The number of aromatic nitrogens is 1. The maximum absolute atomic E-state index is 12.3. The van der Waals surface area contributed by atoms with Crippen LogP contribution in [0, 0.1) is 12.3 Å². The van der Waals surface area contributed by atoms with Gasteiger partial charge in [-0.25, -0.2) is 0 Å². The fourth-order valence-electron chi connectivity index (χ4n) is 3.90. The van der Waals surface area contributed by atoms with E-state index < -0.39 is 0 Å². The monoisotopic (exact) mass is 285 g/mol. The van der Waals surface area contributed by atoms with Crippen molar-refractivity contribution in [1.82, 2.24) is 4.57 Å². The normalized spacial score (nSPS) is 21.1. The van der Waals surface area contributed by atoms with Gasteiger partial charge in [-0.3, -0.25) is 4.79 Å². The summed E-state index contributed by atoms with van der Waals surface area (Å²) in [6.45, 7) is 7.61. The van der Waals surface area contributed by atoms with Crippen LogP contribution in [0.3, 0.4) is 0 Å². The van der Waals surface area contributed by atoms with E-state index in [9.17, 15) is 4.79 Å². The summed E-state index contributed by atoms with van der Waals surface area (Å²) >= 11 is 0. The van der Waals surface area contributed by atoms with Gasteiger partial charge >= 0.3 is 0 Å². The summed E-state index contributed by atoms with van der Waals surface area (Å²) in [5.74, 6) is 0.333. The summed E-state index contributed by atoms with van der Waals surface area (Å²) < 4.78 is 2.41. The molecular weight excluding hydrogens is 258 g/mol. The van der Waals surface area contributed by atoms with Crippen LogP contribution in [-0.4, -0.2) is 10.4 Å². The number of carbonyl (C=O) groups is 1. The lowest BCUT2D eigenvalue weighted by Crippen LogP contribution is -2.28. The summed E-state index contributed by atoms with van der Waals surface area (Å²) in [6.07, 6.45) is 10.5. The van der Waals surface area contributed by atoms with E-state index in [1.54, 1.807) is 5.57 Å². The summed E-state index contributed by atoms with van der Waals surface area (Å²) in [7, 11) is 0. The molecule has 0 bridgehead atoms. The van der Waals surface area contributed by atoms with E-state index in [1.807, 2.05) is 0 Å². The SMILES string of the molecule is Cc1cc2c(n1CCC1=CCCCC1)CC(C)(C)CC2=O. The highest BCUT2D eigenvalue weighted by Gasteiger charge is 2.33. The Morgan fingerprint density at radius 2 is 2.05 bits per heavy atom. The molecule has 0 fully saturated rings. The Bertz CT molecular complexity index is 589. The Hall–Kier alpha value is -1.31. The van der Waals surface area contributed by atoms with E-state index in [-0.39, 0.29) is 5.41 Å². The van der Waals surface area contributed by atoms with E-state index in [2.05, 4.69) is 37.5 Å². The highest BCUT2D eigenvalue weighted by molar-refractivity contribution is 5.99. The molecule has 1 aromatic rings. The van der Waals surface area contributed by atoms with Gasteiger partial charge in [0.15, 0.2) is 5.78 Å². The number of fused-ring (bicyclic) bond motifs is 1. The molecule has 1 heterocycles. The first kappa shape index (κ1) is 14.6. The lowest BCUT2D eigenvalue weighted by molar-refractivity contribution is 0.0910. The van der Waals surface area contributed by atoms with Crippen LogP contribution >= 0.6 is 0 Å². The third kappa shape index (κ3) is 3.00. The number of Topliss-reactive ketones (excluding diaryl/α,β-unsaturated/α-hetero) is 1. The first-order valence-electron chi connectivity index (χ1n) is 8.36. The van der Waals surface area contributed by atoms with Crippen LogP contribution in [0.4, 0.5) is 0 Å². The molecule has 0 saturated carbocycles. The van der Waals surface area contributed by atoms with Crippen LogP contribution in [0.1, 0.15) is 74.1 Å². The van der Waals surface area contributed by atoms with Crippen molar-refractivity contribution in [3.05, 3.63) is 34.7 Å². The second-order valence-corrected chi connectivity index (χ2v) is 7.60. The molecule has 2 heteroatoms. The number of rotatable bonds is 3. The fraction of sp³-hybridized carbons (Fsp3) is 0.632. The maximum atomic E-state index is 12.3. The minimum Gasteiger partial charge on any atom is -0.348 e. The topological polar surface area (TPSA) is 22.0 Å². The zero-order chi connectivity index (χ0) is 15.0. The first-order valence-corrected chi connectivity index (χ1v) is 8.36. The number of aryl methyl sites for hydroxylation is 1. The Labute approximate surface area is 128 Å². The lowest BCUT2D eigenvalue weighted by Gasteiger charge is -2.30. The molecule has 2 nitrogen and oxygen atoms in total. The summed E-state index contributed by atoms with van der Waals surface area (Å²) in [4.78, 5) is 12.3. The second kappa shape index (κ2) is 5.47. The molecule has 0 aromatic carbocycles. The predicted molar refractivity (Wildman–Crippen MR) is 86.8 cm³/mol. The maximum Gasteiger partial charge on any atom is 0.165 e. The average Bonchev–Trinajstić information content (AvgIpc) is 2.73. The van der Waals surface area contributed by atoms with Crippen molar-refractivity contribution in [2.45, 2.75) is 72.3 Å². The molecule has 0 amide bonds. The minimum atomic E-state index is 0.108. The fourth-order valence-corrected chi connectivity index (χ4v) is 3.90. The van der Waals surface area contributed by atoms with Gasteiger partial charge in [0.25, 0.3) is 0 Å². The van der Waals surface area contributed by atoms with Gasteiger partial charge in [0.2, 0.25) is 0 Å². The third-order valence-electron chi connectivity index (χ3n) is 5.04. The summed E-state index contributed by atoms with van der Waals surface area (Å²) in [5, 5.41) is 0. The number of allylic oxidation sites excluding steroid dienone is 2. The molecule has 0 aliphatic heterocycles. The standard InChI is InChI=1S/C19H27NO/c1-14-11-16-17(12-19(2,3)13-18(16)21)20(14)10-9-15-7-5-4-6-8-15/h7,11H,4-6,8-10,12-13H2,1-3H3. The third-order valence-corrected chi connectivity index (χ3v) is 5.04. The highest BCUT2D eigenvalue weighted by atomic mass is 16.1. The van der Waals surface area contributed by atoms with E-state index >= 15 is 0 Å². The number of ketones is 1. The molecule has 21 heavy (non-hydrogen) atoms. The molecule has 0 spiro atoms. The van der Waals surface area contributed by atoms with Gasteiger partial charge in [0.05, 0.1) is 0 Å². The quantitative estimate of drug-likeness (QED) is 0.728. The number of hydrogen-bond donors (Lipinski definition) is 0. The van der Waals surface area contributed by atoms with Gasteiger partial charge in [0.1, 0.15) is 0 Å². The van der Waals surface area contributed by atoms with E-state index in [1.165, 1.54) is 37.1 Å². The van der Waals surface area contributed by atoms with E-state index in [4.69, 9.17) is 0 Å². The second-order valence-electron chi connectivity index (χ2n) is 7.60.